The third-order valence-electron chi connectivity index (χ3n) is 3.58. The first kappa shape index (κ1) is 14.3. The van der Waals surface area contributed by atoms with Gasteiger partial charge < -0.3 is 15.5 Å². The summed E-state index contributed by atoms with van der Waals surface area (Å²) in [5.74, 6) is 0.162. The van der Waals surface area contributed by atoms with Gasteiger partial charge >= 0.3 is 0 Å². The summed E-state index contributed by atoms with van der Waals surface area (Å²) in [6, 6.07) is 6.16. The van der Waals surface area contributed by atoms with Gasteiger partial charge in [-0.15, -0.1) is 0 Å². The largest absolute Gasteiger partial charge is 0.369 e. The predicted octanol–water partition coefficient (Wildman–Crippen LogP) is 1.97. The van der Waals surface area contributed by atoms with Gasteiger partial charge in [0.15, 0.2) is 0 Å². The third kappa shape index (κ3) is 3.28. The molecule has 0 bridgehead atoms. The minimum atomic E-state index is 0.162. The van der Waals surface area contributed by atoms with E-state index in [2.05, 4.69) is 26.9 Å². The molecule has 0 unspecified atom stereocenters. The van der Waals surface area contributed by atoms with Crippen molar-refractivity contribution in [2.75, 3.05) is 31.1 Å². The van der Waals surface area contributed by atoms with Crippen LogP contribution in [0.15, 0.2) is 22.7 Å². The quantitative estimate of drug-likeness (QED) is 0.904. The number of hydrogen-bond acceptors (Lipinski definition) is 3. The molecule has 19 heavy (non-hydrogen) atoms. The zero-order valence-electron chi connectivity index (χ0n) is 11.2. The Bertz CT molecular complexity index is 464. The highest BCUT2D eigenvalue weighted by Crippen LogP contribution is 2.28. The summed E-state index contributed by atoms with van der Waals surface area (Å²) in [5, 5.41) is 0. The van der Waals surface area contributed by atoms with E-state index < -0.39 is 0 Å². The number of anilines is 1. The van der Waals surface area contributed by atoms with Crippen molar-refractivity contribution >= 4 is 27.5 Å². The summed E-state index contributed by atoms with van der Waals surface area (Å²) in [4.78, 5) is 15.7. The van der Waals surface area contributed by atoms with Crippen LogP contribution in [0.2, 0.25) is 0 Å². The topological polar surface area (TPSA) is 49.6 Å². The lowest BCUT2D eigenvalue weighted by Gasteiger charge is -2.26. The zero-order valence-corrected chi connectivity index (χ0v) is 12.8. The van der Waals surface area contributed by atoms with E-state index in [9.17, 15) is 4.79 Å². The van der Waals surface area contributed by atoms with Crippen LogP contribution in [0, 0.1) is 0 Å². The van der Waals surface area contributed by atoms with Gasteiger partial charge in [-0.2, -0.15) is 0 Å². The molecule has 104 valence electrons. The van der Waals surface area contributed by atoms with Gasteiger partial charge in [0.05, 0.1) is 0 Å². The molecule has 1 aromatic carbocycles. The van der Waals surface area contributed by atoms with E-state index in [0.29, 0.717) is 6.54 Å². The lowest BCUT2D eigenvalue weighted by atomic mass is 10.1. The lowest BCUT2D eigenvalue weighted by molar-refractivity contribution is -0.128. The highest BCUT2D eigenvalue weighted by molar-refractivity contribution is 9.10. The van der Waals surface area contributed by atoms with Crippen LogP contribution in [0.5, 0.6) is 0 Å². The fourth-order valence-corrected chi connectivity index (χ4v) is 3.04. The minimum absolute atomic E-state index is 0.162. The van der Waals surface area contributed by atoms with Crippen LogP contribution < -0.4 is 10.6 Å². The van der Waals surface area contributed by atoms with Gasteiger partial charge in [0, 0.05) is 55.4 Å². The second-order valence-electron chi connectivity index (χ2n) is 4.79. The molecule has 5 heteroatoms. The van der Waals surface area contributed by atoms with E-state index in [4.69, 9.17) is 5.73 Å². The normalized spacial score (nSPS) is 16.4. The SMILES string of the molecule is CC(=O)N1CCCN(c2cccc(Br)c2CN)CC1. The Hall–Kier alpha value is -1.07. The van der Waals surface area contributed by atoms with Gasteiger partial charge in [0.1, 0.15) is 0 Å². The van der Waals surface area contributed by atoms with Crippen molar-refractivity contribution in [3.05, 3.63) is 28.2 Å². The van der Waals surface area contributed by atoms with Crippen molar-refractivity contribution < 1.29 is 4.79 Å². The Morgan fingerprint density at radius 2 is 2.11 bits per heavy atom. The van der Waals surface area contributed by atoms with Gasteiger partial charge in [-0.3, -0.25) is 4.79 Å². The van der Waals surface area contributed by atoms with E-state index >= 15 is 0 Å². The summed E-state index contributed by atoms with van der Waals surface area (Å²) in [5.41, 5.74) is 8.17. The van der Waals surface area contributed by atoms with E-state index in [1.165, 1.54) is 5.69 Å². The van der Waals surface area contributed by atoms with Gasteiger partial charge in [0.2, 0.25) is 5.91 Å². The molecule has 4 nitrogen and oxygen atoms in total. The monoisotopic (exact) mass is 325 g/mol. The predicted molar refractivity (Wildman–Crippen MR) is 81.1 cm³/mol. The van der Waals surface area contributed by atoms with E-state index in [-0.39, 0.29) is 5.91 Å². The van der Waals surface area contributed by atoms with Crippen LogP contribution in [0.1, 0.15) is 18.9 Å². The molecule has 1 heterocycles. The van der Waals surface area contributed by atoms with Gasteiger partial charge in [0.25, 0.3) is 0 Å². The Morgan fingerprint density at radius 1 is 1.32 bits per heavy atom. The maximum atomic E-state index is 11.5. The maximum absolute atomic E-state index is 11.5. The highest BCUT2D eigenvalue weighted by Gasteiger charge is 2.18. The van der Waals surface area contributed by atoms with Gasteiger partial charge in [-0.25, -0.2) is 0 Å². The Balaban J connectivity index is 2.18. The maximum Gasteiger partial charge on any atom is 0.219 e. The van der Waals surface area contributed by atoms with Crippen LogP contribution in [0.4, 0.5) is 5.69 Å². The number of carbonyl (C=O) groups excluding carboxylic acids is 1. The standard InChI is InChI=1S/C14H20BrN3O/c1-11(19)17-6-3-7-18(9-8-17)14-5-2-4-13(15)12(14)10-16/h2,4-5H,3,6-10,16H2,1H3. The second kappa shape index (κ2) is 6.39. The Kier molecular flexibility index (Phi) is 4.82. The molecule has 1 saturated heterocycles. The second-order valence-corrected chi connectivity index (χ2v) is 5.64. The molecule has 2 N–H and O–H groups in total. The van der Waals surface area contributed by atoms with Crippen LogP contribution in [-0.4, -0.2) is 37.0 Å². The van der Waals surface area contributed by atoms with Crippen molar-refractivity contribution in [2.45, 2.75) is 19.9 Å². The Morgan fingerprint density at radius 3 is 2.79 bits per heavy atom. The Labute approximate surface area is 122 Å². The van der Waals surface area contributed by atoms with E-state index in [1.807, 2.05) is 17.0 Å². The van der Waals surface area contributed by atoms with Crippen LogP contribution >= 0.6 is 15.9 Å². The smallest absolute Gasteiger partial charge is 0.219 e. The van der Waals surface area contributed by atoms with Crippen molar-refractivity contribution in [1.29, 1.82) is 0 Å². The lowest BCUT2D eigenvalue weighted by Crippen LogP contribution is -2.34. The van der Waals surface area contributed by atoms with Crippen molar-refractivity contribution in [2.24, 2.45) is 5.73 Å². The number of rotatable bonds is 2. The third-order valence-corrected chi connectivity index (χ3v) is 4.32. The molecule has 0 aliphatic carbocycles. The fourth-order valence-electron chi connectivity index (χ4n) is 2.52. The fraction of sp³-hybridized carbons (Fsp3) is 0.500. The van der Waals surface area contributed by atoms with E-state index in [1.54, 1.807) is 6.92 Å². The van der Waals surface area contributed by atoms with Crippen molar-refractivity contribution in [1.82, 2.24) is 4.90 Å². The molecular formula is C14H20BrN3O. The highest BCUT2D eigenvalue weighted by atomic mass is 79.9. The molecule has 1 aliphatic heterocycles. The number of halogens is 1. The molecule has 0 spiro atoms. The van der Waals surface area contributed by atoms with Crippen molar-refractivity contribution in [3.8, 4) is 0 Å². The van der Waals surface area contributed by atoms with E-state index in [0.717, 1.165) is 42.6 Å². The van der Waals surface area contributed by atoms with Crippen LogP contribution in [0.25, 0.3) is 0 Å². The molecule has 0 saturated carbocycles. The van der Waals surface area contributed by atoms with Gasteiger partial charge in [-0.05, 0) is 18.6 Å². The minimum Gasteiger partial charge on any atom is -0.369 e. The summed E-state index contributed by atoms with van der Waals surface area (Å²) in [6.07, 6.45) is 0.996. The molecule has 1 aromatic rings. The number of nitrogens with two attached hydrogens (primary N) is 1. The molecule has 2 rings (SSSR count). The molecule has 0 aromatic heterocycles. The van der Waals surface area contributed by atoms with Crippen LogP contribution in [-0.2, 0) is 11.3 Å². The summed E-state index contributed by atoms with van der Waals surface area (Å²) in [6.45, 7) is 5.61. The summed E-state index contributed by atoms with van der Waals surface area (Å²) >= 11 is 3.56. The average molecular weight is 326 g/mol. The summed E-state index contributed by atoms with van der Waals surface area (Å²) < 4.78 is 1.06. The molecular weight excluding hydrogens is 306 g/mol. The van der Waals surface area contributed by atoms with Gasteiger partial charge in [-0.1, -0.05) is 22.0 Å². The number of hydrogen-bond donors (Lipinski definition) is 1. The van der Waals surface area contributed by atoms with Crippen LogP contribution in [0.3, 0.4) is 0 Å². The molecule has 1 aliphatic rings. The first-order valence-electron chi connectivity index (χ1n) is 6.61. The van der Waals surface area contributed by atoms with Crippen molar-refractivity contribution in [3.63, 3.8) is 0 Å². The first-order chi connectivity index (χ1) is 9.13. The molecule has 1 amide bonds. The molecule has 1 fully saturated rings. The number of benzene rings is 1. The number of amides is 1. The first-order valence-corrected chi connectivity index (χ1v) is 7.40. The number of carbonyl (C=O) groups is 1. The molecule has 0 radical (unpaired) electrons. The summed E-state index contributed by atoms with van der Waals surface area (Å²) in [7, 11) is 0. The number of nitrogens with zero attached hydrogens (tertiary/aromatic N) is 2. The molecule has 0 atom stereocenters. The zero-order chi connectivity index (χ0) is 13.8. The average Bonchev–Trinajstić information content (AvgIpc) is 2.64.